The van der Waals surface area contributed by atoms with Gasteiger partial charge in [0.15, 0.2) is 0 Å². The van der Waals surface area contributed by atoms with E-state index in [0.717, 1.165) is 0 Å². The maximum Gasteiger partial charge on any atom is 0.339 e. The Kier molecular flexibility index (Phi) is 8.34. The van der Waals surface area contributed by atoms with Gasteiger partial charge in [-0.05, 0) is 36.4 Å². The van der Waals surface area contributed by atoms with Gasteiger partial charge in [-0.25, -0.2) is 9.59 Å². The summed E-state index contributed by atoms with van der Waals surface area (Å²) in [5.41, 5.74) is 1.51. The molecule has 0 aromatic heterocycles. The van der Waals surface area contributed by atoms with E-state index in [-0.39, 0.29) is 24.3 Å². The highest BCUT2D eigenvalue weighted by molar-refractivity contribution is 6.03. The van der Waals surface area contributed by atoms with Crippen LogP contribution in [0.1, 0.15) is 31.8 Å². The molecule has 0 atom stereocenters. The van der Waals surface area contributed by atoms with E-state index in [2.05, 4.69) is 0 Å². The monoisotopic (exact) mass is 466 g/mol. The molecule has 8 heteroatoms. The van der Waals surface area contributed by atoms with Gasteiger partial charge in [-0.3, -0.25) is 0 Å². The van der Waals surface area contributed by atoms with Crippen LogP contribution in [0.5, 0.6) is 23.0 Å². The topological polar surface area (TPSA) is 89.5 Å². The van der Waals surface area contributed by atoms with Gasteiger partial charge < -0.3 is 28.4 Å². The highest BCUT2D eigenvalue weighted by Crippen LogP contribution is 2.27. The minimum atomic E-state index is -0.660. The van der Waals surface area contributed by atoms with Gasteiger partial charge in [0.2, 0.25) is 0 Å². The van der Waals surface area contributed by atoms with Crippen molar-refractivity contribution in [2.75, 3.05) is 28.4 Å². The first kappa shape index (κ1) is 24.4. The lowest BCUT2D eigenvalue weighted by molar-refractivity contribution is 0.0422. The van der Waals surface area contributed by atoms with Crippen molar-refractivity contribution in [1.29, 1.82) is 0 Å². The van der Waals surface area contributed by atoms with E-state index in [1.165, 1.54) is 26.4 Å². The van der Waals surface area contributed by atoms with Crippen molar-refractivity contribution in [2.24, 2.45) is 0 Å². The zero-order chi connectivity index (χ0) is 24.5. The largest absolute Gasteiger partial charge is 0.497 e. The van der Waals surface area contributed by atoms with E-state index in [4.69, 9.17) is 28.4 Å². The summed E-state index contributed by atoms with van der Waals surface area (Å²) in [5, 5.41) is 0. The molecule has 0 saturated heterocycles. The molecule has 0 unspecified atom stereocenters. The van der Waals surface area contributed by atoms with Crippen molar-refractivity contribution < 1.29 is 38.0 Å². The van der Waals surface area contributed by atoms with Crippen LogP contribution in [-0.4, -0.2) is 40.4 Å². The van der Waals surface area contributed by atoms with Crippen LogP contribution in [0.4, 0.5) is 0 Å². The van der Waals surface area contributed by atoms with Crippen LogP contribution in [0.3, 0.4) is 0 Å². The Hall–Kier alpha value is -4.20. The first-order valence-corrected chi connectivity index (χ1v) is 10.4. The van der Waals surface area contributed by atoms with E-state index in [1.54, 1.807) is 62.8 Å². The number of rotatable bonds is 10. The summed E-state index contributed by atoms with van der Waals surface area (Å²) in [6, 6.07) is 16.7. The standard InChI is InChI=1S/C26H26O8/c1-29-19-11-9-17(23(13-19)31-3)15-33-25(27)21-7-5-6-8-22(21)26(28)34-16-18-10-12-20(30-2)14-24(18)32-4/h5-14H,15-16H2,1-4H3. The molecule has 3 aromatic rings. The fourth-order valence-corrected chi connectivity index (χ4v) is 3.22. The summed E-state index contributed by atoms with van der Waals surface area (Å²) in [5.74, 6) is 0.962. The summed E-state index contributed by atoms with van der Waals surface area (Å²) < 4.78 is 31.9. The average molecular weight is 466 g/mol. The smallest absolute Gasteiger partial charge is 0.339 e. The zero-order valence-corrected chi connectivity index (χ0v) is 19.5. The molecule has 0 saturated carbocycles. The third kappa shape index (κ3) is 5.78. The van der Waals surface area contributed by atoms with Crippen LogP contribution in [-0.2, 0) is 22.7 Å². The van der Waals surface area contributed by atoms with Gasteiger partial charge in [-0.2, -0.15) is 0 Å². The summed E-state index contributed by atoms with van der Waals surface area (Å²) in [7, 11) is 6.14. The zero-order valence-electron chi connectivity index (χ0n) is 19.5. The molecule has 0 amide bonds. The number of carbonyl (C=O) groups excluding carboxylic acids is 2. The molecule has 0 N–H and O–H groups in total. The summed E-state index contributed by atoms with van der Waals surface area (Å²) >= 11 is 0. The Balaban J connectivity index is 1.70. The Morgan fingerprint density at radius 1 is 0.588 bits per heavy atom. The molecule has 0 radical (unpaired) electrons. The van der Waals surface area contributed by atoms with Gasteiger partial charge in [0.1, 0.15) is 36.2 Å². The quantitative estimate of drug-likeness (QED) is 0.405. The molecule has 3 rings (SSSR count). The van der Waals surface area contributed by atoms with Gasteiger partial charge in [0, 0.05) is 23.3 Å². The number of carbonyl (C=O) groups is 2. The van der Waals surface area contributed by atoms with Gasteiger partial charge in [-0.1, -0.05) is 12.1 Å². The van der Waals surface area contributed by atoms with Crippen molar-refractivity contribution >= 4 is 11.9 Å². The van der Waals surface area contributed by atoms with E-state index >= 15 is 0 Å². The van der Waals surface area contributed by atoms with Crippen molar-refractivity contribution in [2.45, 2.75) is 13.2 Å². The SMILES string of the molecule is COc1ccc(COC(=O)c2ccccc2C(=O)OCc2ccc(OC)cc2OC)c(OC)c1. The lowest BCUT2D eigenvalue weighted by Gasteiger charge is -2.13. The Labute approximate surface area is 197 Å². The Morgan fingerprint density at radius 3 is 1.35 bits per heavy atom. The fourth-order valence-electron chi connectivity index (χ4n) is 3.22. The molecule has 178 valence electrons. The predicted molar refractivity (Wildman–Crippen MR) is 124 cm³/mol. The summed E-state index contributed by atoms with van der Waals surface area (Å²) in [4.78, 5) is 25.6. The third-order valence-corrected chi connectivity index (χ3v) is 5.07. The molecule has 0 bridgehead atoms. The summed E-state index contributed by atoms with van der Waals surface area (Å²) in [6.07, 6.45) is 0. The molecule has 3 aromatic carbocycles. The second-order valence-electron chi connectivity index (χ2n) is 7.05. The number of hydrogen-bond acceptors (Lipinski definition) is 8. The lowest BCUT2D eigenvalue weighted by Crippen LogP contribution is -2.14. The van der Waals surface area contributed by atoms with Gasteiger partial charge in [0.25, 0.3) is 0 Å². The first-order valence-electron chi connectivity index (χ1n) is 10.4. The van der Waals surface area contributed by atoms with Crippen LogP contribution in [0.15, 0.2) is 60.7 Å². The maximum atomic E-state index is 12.8. The lowest BCUT2D eigenvalue weighted by atomic mass is 10.1. The molecule has 0 heterocycles. The van der Waals surface area contributed by atoms with E-state index in [1.807, 2.05) is 0 Å². The predicted octanol–water partition coefficient (Wildman–Crippen LogP) is 4.44. The number of benzene rings is 3. The molecule has 8 nitrogen and oxygen atoms in total. The molecule has 0 spiro atoms. The second-order valence-corrected chi connectivity index (χ2v) is 7.05. The maximum absolute atomic E-state index is 12.8. The molecule has 0 aliphatic heterocycles. The minimum Gasteiger partial charge on any atom is -0.497 e. The normalized spacial score (nSPS) is 10.2. The van der Waals surface area contributed by atoms with Gasteiger partial charge in [0.05, 0.1) is 39.6 Å². The first-order chi connectivity index (χ1) is 16.5. The van der Waals surface area contributed by atoms with Crippen molar-refractivity contribution in [3.8, 4) is 23.0 Å². The highest BCUT2D eigenvalue weighted by atomic mass is 16.5. The van der Waals surface area contributed by atoms with Gasteiger partial charge >= 0.3 is 11.9 Å². The number of methoxy groups -OCH3 is 4. The molecular formula is C26H26O8. The Bertz CT molecular complexity index is 1060. The number of esters is 2. The van der Waals surface area contributed by atoms with Crippen LogP contribution in [0.2, 0.25) is 0 Å². The second kappa shape index (κ2) is 11.6. The van der Waals surface area contributed by atoms with Crippen LogP contribution >= 0.6 is 0 Å². The number of hydrogen-bond donors (Lipinski definition) is 0. The fraction of sp³-hybridized carbons (Fsp3) is 0.231. The molecule has 34 heavy (non-hydrogen) atoms. The number of ether oxygens (including phenoxy) is 6. The van der Waals surface area contributed by atoms with Crippen molar-refractivity contribution in [3.63, 3.8) is 0 Å². The summed E-state index contributed by atoms with van der Waals surface area (Å²) in [6.45, 7) is -0.0864. The van der Waals surface area contributed by atoms with Crippen molar-refractivity contribution in [3.05, 3.63) is 82.9 Å². The van der Waals surface area contributed by atoms with Crippen LogP contribution in [0, 0.1) is 0 Å². The van der Waals surface area contributed by atoms with E-state index in [0.29, 0.717) is 34.1 Å². The molecule has 0 aliphatic rings. The highest BCUT2D eigenvalue weighted by Gasteiger charge is 2.20. The van der Waals surface area contributed by atoms with Crippen LogP contribution < -0.4 is 18.9 Å². The molecular weight excluding hydrogens is 440 g/mol. The molecule has 0 fully saturated rings. The van der Waals surface area contributed by atoms with E-state index in [9.17, 15) is 9.59 Å². The van der Waals surface area contributed by atoms with Crippen LogP contribution in [0.25, 0.3) is 0 Å². The van der Waals surface area contributed by atoms with E-state index < -0.39 is 11.9 Å². The van der Waals surface area contributed by atoms with Gasteiger partial charge in [-0.15, -0.1) is 0 Å². The third-order valence-electron chi connectivity index (χ3n) is 5.07. The average Bonchev–Trinajstić information content (AvgIpc) is 2.89. The van der Waals surface area contributed by atoms with Crippen molar-refractivity contribution in [1.82, 2.24) is 0 Å². The molecule has 0 aliphatic carbocycles. The minimum absolute atomic E-state index is 0.0432. The Morgan fingerprint density at radius 2 is 1.00 bits per heavy atom.